The van der Waals surface area contributed by atoms with E-state index < -0.39 is 0 Å². The quantitative estimate of drug-likeness (QED) is 0.888. The van der Waals surface area contributed by atoms with Crippen molar-refractivity contribution in [1.29, 1.82) is 0 Å². The molecule has 1 atom stereocenters. The van der Waals surface area contributed by atoms with Gasteiger partial charge in [-0.05, 0) is 30.8 Å². The molecule has 0 spiro atoms. The molecule has 1 saturated heterocycles. The van der Waals surface area contributed by atoms with Gasteiger partial charge in [0.15, 0.2) is 5.76 Å². The van der Waals surface area contributed by atoms with Crippen molar-refractivity contribution >= 4 is 0 Å². The summed E-state index contributed by atoms with van der Waals surface area (Å²) < 4.78 is 5.41. The minimum atomic E-state index is 0.409. The number of hydrogen-bond donors (Lipinski definition) is 1. The predicted octanol–water partition coefficient (Wildman–Crippen LogP) is 2.65. The molecule has 4 nitrogen and oxygen atoms in total. The molecule has 19 heavy (non-hydrogen) atoms. The van der Waals surface area contributed by atoms with Gasteiger partial charge in [0.25, 0.3) is 0 Å². The first-order valence-electron chi connectivity index (χ1n) is 7.36. The maximum atomic E-state index is 5.41. The fourth-order valence-corrected chi connectivity index (χ4v) is 2.67. The molecule has 0 amide bonds. The Hall–Kier alpha value is -0.870. The zero-order chi connectivity index (χ0) is 13.9. The van der Waals surface area contributed by atoms with Crippen LogP contribution >= 0.6 is 0 Å². The van der Waals surface area contributed by atoms with Crippen LogP contribution in [-0.2, 0) is 13.1 Å². The van der Waals surface area contributed by atoms with Gasteiger partial charge < -0.3 is 9.84 Å². The largest absolute Gasteiger partial charge is 0.360 e. The molecule has 1 aliphatic heterocycles. The molecule has 108 valence electrons. The van der Waals surface area contributed by atoms with Crippen LogP contribution in [0.25, 0.3) is 0 Å². The monoisotopic (exact) mass is 265 g/mol. The molecule has 2 heterocycles. The fraction of sp³-hybridized carbons (Fsp3) is 0.800. The number of hydrogen-bond acceptors (Lipinski definition) is 4. The zero-order valence-corrected chi connectivity index (χ0v) is 12.7. The van der Waals surface area contributed by atoms with Crippen LogP contribution in [0.4, 0.5) is 0 Å². The van der Waals surface area contributed by atoms with Gasteiger partial charge in [-0.25, -0.2) is 0 Å². The van der Waals surface area contributed by atoms with E-state index in [9.17, 15) is 0 Å². The van der Waals surface area contributed by atoms with Crippen molar-refractivity contribution in [2.75, 3.05) is 19.6 Å². The van der Waals surface area contributed by atoms with Crippen molar-refractivity contribution in [2.24, 2.45) is 11.3 Å². The summed E-state index contributed by atoms with van der Waals surface area (Å²) in [5.41, 5.74) is 1.41. The van der Waals surface area contributed by atoms with Gasteiger partial charge in [0.1, 0.15) is 0 Å². The summed E-state index contributed by atoms with van der Waals surface area (Å²) in [6, 6.07) is 2.08. The molecule has 4 heteroatoms. The molecule has 1 aliphatic rings. The molecule has 1 aromatic heterocycles. The van der Waals surface area contributed by atoms with Gasteiger partial charge in [0, 0.05) is 19.2 Å². The van der Waals surface area contributed by atoms with E-state index in [1.54, 1.807) is 0 Å². The summed E-state index contributed by atoms with van der Waals surface area (Å²) >= 11 is 0. The number of rotatable bonds is 5. The number of nitrogens with zero attached hydrogens (tertiary/aromatic N) is 2. The lowest BCUT2D eigenvalue weighted by Gasteiger charge is -2.26. The minimum Gasteiger partial charge on any atom is -0.360 e. The molecule has 0 aromatic carbocycles. The van der Waals surface area contributed by atoms with Crippen molar-refractivity contribution in [1.82, 2.24) is 15.4 Å². The first kappa shape index (κ1) is 14.5. The van der Waals surface area contributed by atoms with Crippen LogP contribution < -0.4 is 5.32 Å². The second-order valence-electron chi connectivity index (χ2n) is 6.65. The lowest BCUT2D eigenvalue weighted by Crippen LogP contribution is -2.25. The topological polar surface area (TPSA) is 41.3 Å². The third-order valence-corrected chi connectivity index (χ3v) is 4.04. The molecule has 2 rings (SSSR count). The van der Waals surface area contributed by atoms with Crippen LogP contribution in [0, 0.1) is 11.3 Å². The average Bonchev–Trinajstić information content (AvgIpc) is 2.95. The second-order valence-corrected chi connectivity index (χ2v) is 6.65. The highest BCUT2D eigenvalue weighted by atomic mass is 16.5. The van der Waals surface area contributed by atoms with Gasteiger partial charge in [-0.1, -0.05) is 32.9 Å². The maximum Gasteiger partial charge on any atom is 0.151 e. The number of likely N-dealkylation sites (tertiary alicyclic amines) is 1. The van der Waals surface area contributed by atoms with Crippen LogP contribution in [0.5, 0.6) is 0 Å². The first-order chi connectivity index (χ1) is 8.99. The van der Waals surface area contributed by atoms with Gasteiger partial charge in [0.05, 0.1) is 12.2 Å². The van der Waals surface area contributed by atoms with Crippen LogP contribution in [0.15, 0.2) is 10.6 Å². The lowest BCUT2D eigenvalue weighted by molar-refractivity contribution is 0.214. The van der Waals surface area contributed by atoms with Gasteiger partial charge in [-0.2, -0.15) is 0 Å². The molecular weight excluding hydrogens is 238 g/mol. The Balaban J connectivity index is 1.84. The third-order valence-electron chi connectivity index (χ3n) is 4.04. The molecular formula is C15H27N3O. The zero-order valence-electron chi connectivity index (χ0n) is 12.7. The van der Waals surface area contributed by atoms with Crippen LogP contribution in [0.1, 0.15) is 45.6 Å². The van der Waals surface area contributed by atoms with E-state index in [4.69, 9.17) is 4.52 Å². The molecule has 1 aromatic rings. The molecule has 0 bridgehead atoms. The smallest absolute Gasteiger partial charge is 0.151 e. The Labute approximate surface area is 116 Å². The third kappa shape index (κ3) is 4.05. The van der Waals surface area contributed by atoms with Crippen molar-refractivity contribution in [3.8, 4) is 0 Å². The van der Waals surface area contributed by atoms with Gasteiger partial charge in [-0.15, -0.1) is 0 Å². The van der Waals surface area contributed by atoms with E-state index >= 15 is 0 Å². The van der Waals surface area contributed by atoms with Crippen molar-refractivity contribution in [2.45, 2.75) is 47.2 Å². The summed E-state index contributed by atoms with van der Waals surface area (Å²) in [6.07, 6.45) is 1.29. The van der Waals surface area contributed by atoms with Crippen LogP contribution in [0.3, 0.4) is 0 Å². The number of nitrogens with one attached hydrogen (secondary N) is 1. The highest BCUT2D eigenvalue weighted by Crippen LogP contribution is 2.34. The lowest BCUT2D eigenvalue weighted by atomic mass is 9.80. The average molecular weight is 265 g/mol. The summed E-state index contributed by atoms with van der Waals surface area (Å²) in [6.45, 7) is 14.1. The standard InChI is InChI=1S/C15H27N3O/c1-5-16-9-13-8-14(19-17-13)11-18-7-6-12(10-18)15(2,3)4/h8,12,16H,5-7,9-11H2,1-4H3. The van der Waals surface area contributed by atoms with Gasteiger partial charge in [-0.3, -0.25) is 4.90 Å². The highest BCUT2D eigenvalue weighted by Gasteiger charge is 2.31. The minimum absolute atomic E-state index is 0.409. The predicted molar refractivity (Wildman–Crippen MR) is 76.7 cm³/mol. The van der Waals surface area contributed by atoms with E-state index in [0.29, 0.717) is 5.41 Å². The second kappa shape index (κ2) is 6.06. The fourth-order valence-electron chi connectivity index (χ4n) is 2.67. The Morgan fingerprint density at radius 1 is 1.47 bits per heavy atom. The van der Waals surface area contributed by atoms with Crippen LogP contribution in [-0.4, -0.2) is 29.7 Å². The van der Waals surface area contributed by atoms with Crippen LogP contribution in [0.2, 0.25) is 0 Å². The summed E-state index contributed by atoms with van der Waals surface area (Å²) in [4.78, 5) is 2.48. The highest BCUT2D eigenvalue weighted by molar-refractivity contribution is 5.05. The molecule has 1 unspecified atom stereocenters. The van der Waals surface area contributed by atoms with Gasteiger partial charge >= 0.3 is 0 Å². The summed E-state index contributed by atoms with van der Waals surface area (Å²) in [7, 11) is 0. The molecule has 1 N–H and O–H groups in total. The Bertz CT molecular complexity index is 394. The van der Waals surface area contributed by atoms with Crippen molar-refractivity contribution < 1.29 is 4.52 Å². The van der Waals surface area contributed by atoms with Crippen molar-refractivity contribution in [3.63, 3.8) is 0 Å². The molecule has 0 aliphatic carbocycles. The van der Waals surface area contributed by atoms with E-state index in [2.05, 4.69) is 49.1 Å². The Kier molecular flexibility index (Phi) is 4.63. The van der Waals surface area contributed by atoms with E-state index in [1.165, 1.54) is 19.5 Å². The van der Waals surface area contributed by atoms with E-state index in [1.807, 2.05) is 0 Å². The summed E-state index contributed by atoms with van der Waals surface area (Å²) in [5.74, 6) is 1.78. The van der Waals surface area contributed by atoms with E-state index in [-0.39, 0.29) is 0 Å². The number of aromatic nitrogens is 1. The molecule has 1 fully saturated rings. The Morgan fingerprint density at radius 2 is 2.26 bits per heavy atom. The SMILES string of the molecule is CCNCc1cc(CN2CCC(C(C)(C)C)C2)on1. The van der Waals surface area contributed by atoms with Crippen molar-refractivity contribution in [3.05, 3.63) is 17.5 Å². The Morgan fingerprint density at radius 3 is 2.89 bits per heavy atom. The van der Waals surface area contributed by atoms with Gasteiger partial charge in [0.2, 0.25) is 0 Å². The normalized spacial score (nSPS) is 21.2. The molecule has 0 radical (unpaired) electrons. The maximum absolute atomic E-state index is 5.41. The van der Waals surface area contributed by atoms with E-state index in [0.717, 1.165) is 37.0 Å². The first-order valence-corrected chi connectivity index (χ1v) is 7.36. The summed E-state index contributed by atoms with van der Waals surface area (Å²) in [5, 5.41) is 7.36. The molecule has 0 saturated carbocycles.